The van der Waals surface area contributed by atoms with Crippen LogP contribution in [0.3, 0.4) is 0 Å². The van der Waals surface area contributed by atoms with Gasteiger partial charge in [0.2, 0.25) is 0 Å². The predicted octanol–water partition coefficient (Wildman–Crippen LogP) is -0.862. The molecule has 0 aliphatic heterocycles. The first kappa shape index (κ1) is 4.73. The van der Waals surface area contributed by atoms with Crippen LogP contribution in [0.1, 0.15) is 0 Å². The van der Waals surface area contributed by atoms with Gasteiger partial charge in [0.15, 0.2) is 0 Å². The van der Waals surface area contributed by atoms with Crippen molar-refractivity contribution in [3.63, 3.8) is 0 Å². The van der Waals surface area contributed by atoms with Crippen LogP contribution in [0.5, 0.6) is 0 Å². The Labute approximate surface area is 40.3 Å². The van der Waals surface area contributed by atoms with Gasteiger partial charge in [0.05, 0.1) is 0 Å². The molecule has 1 nitrogen and oxygen atoms in total. The van der Waals surface area contributed by atoms with Crippen molar-refractivity contribution < 1.29 is 2.84 Å². The molecule has 2 radical (unpaired) electrons. The van der Waals surface area contributed by atoms with Crippen LogP contribution in [0.2, 0.25) is 0 Å². The van der Waals surface area contributed by atoms with Crippen molar-refractivity contribution in [1.29, 1.82) is 0 Å². The van der Waals surface area contributed by atoms with Crippen molar-refractivity contribution in [1.82, 2.24) is 0 Å². The van der Waals surface area contributed by atoms with E-state index in [2.05, 4.69) is 24.9 Å². The molecule has 0 heterocycles. The van der Waals surface area contributed by atoms with Crippen LogP contribution in [-0.4, -0.2) is 37.1 Å². The van der Waals surface area contributed by atoms with Crippen LogP contribution in [0, 0.1) is 0 Å². The Morgan fingerprint density at radius 1 is 2.00 bits per heavy atom. The maximum absolute atomic E-state index is 4.43. The molecule has 0 saturated carbocycles. The Kier molecular flexibility index (Phi) is 4.42. The first-order valence-electron chi connectivity index (χ1n) is 0.880. The molecule has 0 aromatic heterocycles. The Morgan fingerprint density at radius 3 is 2.25 bits per heavy atom. The van der Waals surface area contributed by atoms with Gasteiger partial charge < -0.3 is 0 Å². The van der Waals surface area contributed by atoms with Crippen LogP contribution in [0.4, 0.5) is 0 Å². The molecule has 0 aromatic carbocycles. The van der Waals surface area contributed by atoms with E-state index in [4.69, 9.17) is 0 Å². The Bertz CT molecular complexity index is 20.0. The summed E-state index contributed by atoms with van der Waals surface area (Å²) in [6, 6.07) is 0. The molecule has 18 valence electrons. The number of hydrogen-bond donors (Lipinski definition) is 0. The quantitative estimate of drug-likeness (QED) is 0.375. The molecule has 0 aliphatic carbocycles. The zero-order valence-electron chi connectivity index (χ0n) is 2.27. The first-order chi connectivity index (χ1) is 1.91. The number of rotatable bonds is 1. The first-order valence-corrected chi connectivity index (χ1v) is 2.64. The van der Waals surface area contributed by atoms with Gasteiger partial charge in [-0.3, -0.25) is 0 Å². The van der Waals surface area contributed by atoms with Crippen molar-refractivity contribution in [2.45, 2.75) is 0 Å². The minimum absolute atomic E-state index is 0.00463. The average molecular weight is 84.0 g/mol. The molecule has 0 saturated heterocycles. The molecule has 3 heteroatoms. The van der Waals surface area contributed by atoms with Crippen molar-refractivity contribution >= 4 is 37.1 Å². The Balaban J connectivity index is 2.30. The second kappa shape index (κ2) is 3.73. The molecule has 0 unspecified atom stereocenters. The van der Waals surface area contributed by atoms with Crippen LogP contribution < -0.4 is 0 Å². The molecule has 0 N–H and O–H groups in total. The van der Waals surface area contributed by atoms with E-state index in [1.165, 1.54) is 0 Å². The summed E-state index contributed by atoms with van der Waals surface area (Å²) in [6.07, 6.45) is 0. The van der Waals surface area contributed by atoms with Crippen molar-refractivity contribution in [3.05, 3.63) is 0 Å². The summed E-state index contributed by atoms with van der Waals surface area (Å²) < 4.78 is 4.43. The van der Waals surface area contributed by atoms with Gasteiger partial charge in [-0.25, -0.2) is 0 Å². The van der Waals surface area contributed by atoms with Crippen LogP contribution in [0.15, 0.2) is 0 Å². The molecule has 0 rings (SSSR count). The standard InChI is InChI=1S/CH2.2Al.O/h1H2;;;. The fraction of sp³-hybridized carbons (Fsp3) is 0. The van der Waals surface area contributed by atoms with Crippen LogP contribution in [-0.2, 0) is 2.84 Å². The molecule has 0 spiro atoms. The van der Waals surface area contributed by atoms with Crippen LogP contribution >= 0.6 is 0 Å². The van der Waals surface area contributed by atoms with E-state index in [-0.39, 0.29) is 15.1 Å². The maximum atomic E-state index is 4.43. The van der Waals surface area contributed by atoms with Crippen molar-refractivity contribution in [2.24, 2.45) is 0 Å². The summed E-state index contributed by atoms with van der Waals surface area (Å²) in [5.41, 5.74) is 0. The molecule has 0 bridgehead atoms. The fourth-order valence-corrected chi connectivity index (χ4v) is 0. The van der Waals surface area contributed by atoms with Gasteiger partial charge in [-0.2, -0.15) is 0 Å². The SMILES string of the molecule is [CH2]=[Al][O][Al]. The van der Waals surface area contributed by atoms with Gasteiger partial charge in [-0.1, -0.05) is 0 Å². The molecular weight excluding hydrogens is 82.0 g/mol. The summed E-state index contributed by atoms with van der Waals surface area (Å²) in [6.45, 7) is 0. The molecule has 4 heavy (non-hydrogen) atoms. The van der Waals surface area contributed by atoms with E-state index < -0.39 is 0 Å². The molecule has 0 aliphatic rings. The molecule has 0 aromatic rings. The zero-order valence-corrected chi connectivity index (χ0v) is 4.58. The summed E-state index contributed by atoms with van der Waals surface area (Å²) in [4.78, 5) is 0. The molecular formula is CH2Al2O. The van der Waals surface area contributed by atoms with E-state index >= 15 is 0 Å². The topological polar surface area (TPSA) is 9.23 Å². The fourth-order valence-electron chi connectivity index (χ4n) is 0. The van der Waals surface area contributed by atoms with E-state index in [0.717, 1.165) is 0 Å². The third-order valence-electron chi connectivity index (χ3n) is 0.0962. The summed E-state index contributed by atoms with van der Waals surface area (Å²) in [5, 5.41) is 3.44. The van der Waals surface area contributed by atoms with E-state index in [0.29, 0.717) is 0 Å². The normalized spacial score (nSPS) is 4.00. The zero-order chi connectivity index (χ0) is 3.41. The van der Waals surface area contributed by atoms with E-state index in [1.54, 1.807) is 0 Å². The van der Waals surface area contributed by atoms with E-state index in [1.807, 2.05) is 0 Å². The molecule has 0 amide bonds. The Hall–Kier alpha value is 0.735. The molecule has 0 fully saturated rings. The second-order valence-electron chi connectivity index (χ2n) is 0.303. The average Bonchev–Trinajstić information content (AvgIpc) is 1.37. The van der Waals surface area contributed by atoms with Gasteiger partial charge in [-0.15, -0.1) is 0 Å². The van der Waals surface area contributed by atoms with Crippen molar-refractivity contribution in [2.75, 3.05) is 0 Å². The predicted molar refractivity (Wildman–Crippen MR) is 19.7 cm³/mol. The van der Waals surface area contributed by atoms with E-state index in [9.17, 15) is 0 Å². The van der Waals surface area contributed by atoms with Gasteiger partial charge in [0, 0.05) is 0 Å². The van der Waals surface area contributed by atoms with Gasteiger partial charge in [-0.05, 0) is 0 Å². The molecule has 0 atom stereocenters. The van der Waals surface area contributed by atoms with Gasteiger partial charge in [0.25, 0.3) is 0 Å². The minimum atomic E-state index is -0.00463. The van der Waals surface area contributed by atoms with Crippen molar-refractivity contribution in [3.8, 4) is 0 Å². The third-order valence-corrected chi connectivity index (χ3v) is 0.866. The monoisotopic (exact) mass is 84.0 g/mol. The van der Waals surface area contributed by atoms with Gasteiger partial charge in [0.1, 0.15) is 0 Å². The third kappa shape index (κ3) is 2.73. The number of hydrogen-bond acceptors (Lipinski definition) is 1. The summed E-state index contributed by atoms with van der Waals surface area (Å²) in [7, 11) is 0. The summed E-state index contributed by atoms with van der Waals surface area (Å²) >= 11 is 2.12. The second-order valence-corrected chi connectivity index (χ2v) is 1.72. The Morgan fingerprint density at radius 2 is 2.25 bits per heavy atom. The summed E-state index contributed by atoms with van der Waals surface area (Å²) in [5.74, 6) is 0. The van der Waals surface area contributed by atoms with Gasteiger partial charge >= 0.3 is 40.0 Å². The van der Waals surface area contributed by atoms with Crippen LogP contribution in [0.25, 0.3) is 0 Å².